The maximum absolute atomic E-state index is 13.8. The lowest BCUT2D eigenvalue weighted by Crippen LogP contribution is -2.46. The normalized spacial score (nSPS) is 14.5. The van der Waals surface area contributed by atoms with Crippen LogP contribution in [0.3, 0.4) is 0 Å². The molecule has 0 aliphatic rings. The van der Waals surface area contributed by atoms with Gasteiger partial charge in [-0.1, -0.05) is 13.3 Å². The molecule has 0 bridgehead atoms. The molecule has 0 spiro atoms. The maximum Gasteiger partial charge on any atom is 0.423 e. The van der Waals surface area contributed by atoms with Crippen molar-refractivity contribution in [2.24, 2.45) is 4.99 Å². The van der Waals surface area contributed by atoms with Crippen LogP contribution in [0.4, 0.5) is 18.9 Å². The summed E-state index contributed by atoms with van der Waals surface area (Å²) in [6.07, 6.45) is -1.93. The summed E-state index contributed by atoms with van der Waals surface area (Å²) >= 11 is 0. The molecule has 0 fully saturated rings. The Bertz CT molecular complexity index is 663. The molecule has 1 rings (SSSR count). The van der Waals surface area contributed by atoms with Crippen LogP contribution in [-0.2, 0) is 10.3 Å². The van der Waals surface area contributed by atoms with Crippen LogP contribution in [0.2, 0.25) is 0 Å². The first-order valence-electron chi connectivity index (χ1n) is 9.30. The summed E-state index contributed by atoms with van der Waals surface area (Å²) in [6.45, 7) is 6.77. The molecular formula is C20H31F3N2O3. The minimum Gasteiger partial charge on any atom is -0.496 e. The Morgan fingerprint density at radius 3 is 2.43 bits per heavy atom. The lowest BCUT2D eigenvalue weighted by Gasteiger charge is -2.32. The highest BCUT2D eigenvalue weighted by Crippen LogP contribution is 2.45. The molecule has 0 aromatic heterocycles. The van der Waals surface area contributed by atoms with Gasteiger partial charge in [0.2, 0.25) is 5.60 Å². The monoisotopic (exact) mass is 404 g/mol. The van der Waals surface area contributed by atoms with Gasteiger partial charge in [0.1, 0.15) is 5.75 Å². The third-order valence-electron chi connectivity index (χ3n) is 4.58. The van der Waals surface area contributed by atoms with Crippen molar-refractivity contribution in [1.82, 2.24) is 4.90 Å². The van der Waals surface area contributed by atoms with Crippen LogP contribution >= 0.6 is 0 Å². The topological polar surface area (TPSA) is 54.3 Å². The number of halogens is 3. The fourth-order valence-electron chi connectivity index (χ4n) is 2.37. The van der Waals surface area contributed by atoms with Crippen LogP contribution in [0.1, 0.15) is 44.7 Å². The third kappa shape index (κ3) is 5.85. The molecule has 1 unspecified atom stereocenters. The van der Waals surface area contributed by atoms with Gasteiger partial charge in [-0.25, -0.2) is 4.99 Å². The number of rotatable bonds is 10. The number of nitrogens with zero attached hydrogens (tertiary/aromatic N) is 2. The summed E-state index contributed by atoms with van der Waals surface area (Å²) < 4.78 is 51.6. The quantitative estimate of drug-likeness (QED) is 0.353. The number of unbranched alkanes of at least 4 members (excludes halogenated alkanes) is 1. The number of aliphatic imine (C=N–C) groups is 1. The fraction of sp³-hybridized carbons (Fsp3) is 0.650. The lowest BCUT2D eigenvalue weighted by molar-refractivity contribution is -0.282. The number of hydrogen-bond acceptors (Lipinski definition) is 4. The van der Waals surface area contributed by atoms with Gasteiger partial charge in [0.25, 0.3) is 0 Å². The summed E-state index contributed by atoms with van der Waals surface area (Å²) in [5.41, 5.74) is -2.61. The van der Waals surface area contributed by atoms with Crippen LogP contribution in [-0.4, -0.2) is 55.9 Å². The highest BCUT2D eigenvalue weighted by molar-refractivity contribution is 5.65. The molecule has 1 N–H and O–H groups in total. The SMILES string of the molecule is CCCCOCC(O)(c1cc(C)c(/N=C/N(C)C(C)C)cc1OC)C(F)(F)F. The van der Waals surface area contributed by atoms with Crippen molar-refractivity contribution in [3.05, 3.63) is 23.3 Å². The van der Waals surface area contributed by atoms with E-state index in [1.807, 2.05) is 32.7 Å². The summed E-state index contributed by atoms with van der Waals surface area (Å²) in [5.74, 6) is -0.0936. The number of benzene rings is 1. The zero-order chi connectivity index (χ0) is 21.5. The van der Waals surface area contributed by atoms with Gasteiger partial charge in [-0.2, -0.15) is 13.2 Å². The van der Waals surface area contributed by atoms with E-state index in [0.29, 0.717) is 17.7 Å². The van der Waals surface area contributed by atoms with E-state index < -0.39 is 18.4 Å². The van der Waals surface area contributed by atoms with E-state index in [4.69, 9.17) is 9.47 Å². The van der Waals surface area contributed by atoms with Gasteiger partial charge in [0.15, 0.2) is 0 Å². The Labute approximate surface area is 165 Å². The summed E-state index contributed by atoms with van der Waals surface area (Å²) in [6, 6.07) is 2.89. The fourth-order valence-corrected chi connectivity index (χ4v) is 2.37. The molecule has 1 atom stereocenters. The van der Waals surface area contributed by atoms with Crippen molar-refractivity contribution < 1.29 is 27.8 Å². The second-order valence-corrected chi connectivity index (χ2v) is 7.11. The Morgan fingerprint density at radius 2 is 1.93 bits per heavy atom. The molecule has 0 aliphatic carbocycles. The number of alkyl halides is 3. The minimum atomic E-state index is -4.93. The van der Waals surface area contributed by atoms with Gasteiger partial charge in [-0.3, -0.25) is 0 Å². The molecule has 28 heavy (non-hydrogen) atoms. The molecule has 1 aromatic carbocycles. The first kappa shape index (κ1) is 24.2. The average Bonchev–Trinajstić information content (AvgIpc) is 2.62. The second kappa shape index (κ2) is 10.1. The van der Waals surface area contributed by atoms with Crippen LogP contribution < -0.4 is 4.74 Å². The summed E-state index contributed by atoms with van der Waals surface area (Å²) in [7, 11) is 3.11. The Hall–Kier alpha value is -1.80. The Kier molecular flexibility index (Phi) is 8.75. The Morgan fingerprint density at radius 1 is 1.29 bits per heavy atom. The number of aliphatic hydroxyl groups is 1. The van der Waals surface area contributed by atoms with E-state index in [2.05, 4.69) is 4.99 Å². The van der Waals surface area contributed by atoms with Crippen LogP contribution in [0.15, 0.2) is 17.1 Å². The van der Waals surface area contributed by atoms with Crippen molar-refractivity contribution >= 4 is 12.0 Å². The summed E-state index contributed by atoms with van der Waals surface area (Å²) in [5, 5.41) is 10.6. The summed E-state index contributed by atoms with van der Waals surface area (Å²) in [4.78, 5) is 6.20. The third-order valence-corrected chi connectivity index (χ3v) is 4.58. The minimum absolute atomic E-state index is 0.0936. The molecular weight excluding hydrogens is 373 g/mol. The molecule has 0 aliphatic heterocycles. The van der Waals surface area contributed by atoms with Gasteiger partial charge in [-0.15, -0.1) is 0 Å². The first-order valence-corrected chi connectivity index (χ1v) is 9.30. The smallest absolute Gasteiger partial charge is 0.423 e. The molecule has 8 heteroatoms. The molecule has 0 radical (unpaired) electrons. The van der Waals surface area contributed by atoms with Crippen LogP contribution in [0, 0.1) is 6.92 Å². The van der Waals surface area contributed by atoms with E-state index in [-0.39, 0.29) is 24.0 Å². The second-order valence-electron chi connectivity index (χ2n) is 7.11. The van der Waals surface area contributed by atoms with E-state index in [0.717, 1.165) is 6.42 Å². The van der Waals surface area contributed by atoms with Crippen molar-refractivity contribution in [3.8, 4) is 5.75 Å². The molecule has 160 valence electrons. The number of ether oxygens (including phenoxy) is 2. The molecule has 0 amide bonds. The zero-order valence-corrected chi connectivity index (χ0v) is 17.4. The zero-order valence-electron chi connectivity index (χ0n) is 17.4. The maximum atomic E-state index is 13.8. The van der Waals surface area contributed by atoms with Gasteiger partial charge in [0, 0.05) is 31.3 Å². The van der Waals surface area contributed by atoms with E-state index >= 15 is 0 Å². The average molecular weight is 404 g/mol. The van der Waals surface area contributed by atoms with Crippen molar-refractivity contribution in [3.63, 3.8) is 0 Å². The first-order chi connectivity index (χ1) is 13.0. The largest absolute Gasteiger partial charge is 0.496 e. The van der Waals surface area contributed by atoms with Crippen molar-refractivity contribution in [2.45, 2.75) is 58.4 Å². The number of aryl methyl sites for hydroxylation is 1. The van der Waals surface area contributed by atoms with Gasteiger partial charge >= 0.3 is 6.18 Å². The van der Waals surface area contributed by atoms with E-state index in [9.17, 15) is 18.3 Å². The molecule has 0 saturated carbocycles. The predicted octanol–water partition coefficient (Wildman–Crippen LogP) is 4.57. The highest BCUT2D eigenvalue weighted by Gasteiger charge is 2.56. The number of methoxy groups -OCH3 is 1. The van der Waals surface area contributed by atoms with Gasteiger partial charge in [-0.05, 0) is 38.8 Å². The van der Waals surface area contributed by atoms with E-state index in [1.54, 1.807) is 13.3 Å². The molecule has 0 heterocycles. The van der Waals surface area contributed by atoms with Crippen LogP contribution in [0.25, 0.3) is 0 Å². The van der Waals surface area contributed by atoms with Crippen molar-refractivity contribution in [1.29, 1.82) is 0 Å². The Balaban J connectivity index is 3.33. The van der Waals surface area contributed by atoms with Gasteiger partial charge in [0.05, 0.1) is 25.7 Å². The standard InChI is InChI=1S/C20H31F3N2O3/c1-7-8-9-28-12-19(26,20(21,22)23)16-10-15(4)17(11-18(16)27-6)24-13-25(5)14(2)3/h10-11,13-14,26H,7-9,12H2,1-6H3/b24-13+. The molecule has 5 nitrogen and oxygen atoms in total. The highest BCUT2D eigenvalue weighted by atomic mass is 19.4. The van der Waals surface area contributed by atoms with Crippen LogP contribution in [0.5, 0.6) is 5.75 Å². The van der Waals surface area contributed by atoms with Crippen molar-refractivity contribution in [2.75, 3.05) is 27.4 Å². The molecule has 0 saturated heterocycles. The van der Waals surface area contributed by atoms with Gasteiger partial charge < -0.3 is 19.5 Å². The predicted molar refractivity (Wildman–Crippen MR) is 104 cm³/mol. The number of hydrogen-bond donors (Lipinski definition) is 1. The van der Waals surface area contributed by atoms with E-state index in [1.165, 1.54) is 19.2 Å². The molecule has 1 aromatic rings. The lowest BCUT2D eigenvalue weighted by atomic mass is 9.91.